The van der Waals surface area contributed by atoms with E-state index in [9.17, 15) is 14.3 Å². The Labute approximate surface area is 124 Å². The smallest absolute Gasteiger partial charge is 0.258 e. The van der Waals surface area contributed by atoms with Crippen LogP contribution in [-0.2, 0) is 4.79 Å². The van der Waals surface area contributed by atoms with Crippen LogP contribution in [0.15, 0.2) is 18.2 Å². The molecule has 0 unspecified atom stereocenters. The molecule has 0 radical (unpaired) electrons. The minimum absolute atomic E-state index is 0.121. The molecule has 1 aliphatic carbocycles. The number of nitrogens with one attached hydrogen (secondary N) is 1. The fourth-order valence-corrected chi connectivity index (χ4v) is 2.60. The highest BCUT2D eigenvalue weighted by Crippen LogP contribution is 2.21. The molecule has 0 aromatic heterocycles. The van der Waals surface area contributed by atoms with Crippen LogP contribution in [0.3, 0.4) is 0 Å². The van der Waals surface area contributed by atoms with Gasteiger partial charge in [0.1, 0.15) is 11.6 Å². The Kier molecular flexibility index (Phi) is 5.56. The van der Waals surface area contributed by atoms with Gasteiger partial charge in [0, 0.05) is 17.7 Å². The van der Waals surface area contributed by atoms with Crippen molar-refractivity contribution < 1.29 is 19.0 Å². The van der Waals surface area contributed by atoms with Crippen molar-refractivity contribution >= 4 is 5.91 Å². The van der Waals surface area contributed by atoms with E-state index in [1.807, 2.05) is 0 Å². The maximum Gasteiger partial charge on any atom is 0.258 e. The van der Waals surface area contributed by atoms with Gasteiger partial charge >= 0.3 is 0 Å². The van der Waals surface area contributed by atoms with E-state index in [-0.39, 0.29) is 29.9 Å². The zero-order valence-electron chi connectivity index (χ0n) is 12.3. The van der Waals surface area contributed by atoms with Crippen molar-refractivity contribution in [3.63, 3.8) is 0 Å². The summed E-state index contributed by atoms with van der Waals surface area (Å²) in [6.45, 7) is 1.38. The summed E-state index contributed by atoms with van der Waals surface area (Å²) in [7, 11) is 0. The van der Waals surface area contributed by atoms with Gasteiger partial charge in [0.05, 0.1) is 6.10 Å². The first-order valence-electron chi connectivity index (χ1n) is 7.46. The van der Waals surface area contributed by atoms with Crippen molar-refractivity contribution in [3.05, 3.63) is 29.6 Å². The molecule has 21 heavy (non-hydrogen) atoms. The molecule has 1 aliphatic rings. The molecule has 5 heteroatoms. The first kappa shape index (κ1) is 15.8. The highest BCUT2D eigenvalue weighted by Gasteiger charge is 2.16. The maximum atomic E-state index is 13.7. The second-order valence-corrected chi connectivity index (χ2v) is 5.55. The van der Waals surface area contributed by atoms with Crippen molar-refractivity contribution in [1.82, 2.24) is 5.32 Å². The van der Waals surface area contributed by atoms with Crippen molar-refractivity contribution in [2.75, 3.05) is 6.61 Å². The second-order valence-electron chi connectivity index (χ2n) is 5.55. The van der Waals surface area contributed by atoms with E-state index >= 15 is 0 Å². The van der Waals surface area contributed by atoms with Gasteiger partial charge in [0.2, 0.25) is 0 Å². The van der Waals surface area contributed by atoms with E-state index < -0.39 is 11.9 Å². The number of amides is 1. The van der Waals surface area contributed by atoms with Crippen LogP contribution in [-0.4, -0.2) is 23.7 Å². The van der Waals surface area contributed by atoms with Gasteiger partial charge in [-0.2, -0.15) is 0 Å². The average Bonchev–Trinajstić information content (AvgIpc) is 2.46. The largest absolute Gasteiger partial charge is 0.484 e. The van der Waals surface area contributed by atoms with Gasteiger partial charge in [-0.3, -0.25) is 4.79 Å². The topological polar surface area (TPSA) is 58.6 Å². The predicted molar refractivity (Wildman–Crippen MR) is 77.5 cm³/mol. The van der Waals surface area contributed by atoms with Gasteiger partial charge in [0.25, 0.3) is 5.91 Å². The molecule has 2 N–H and O–H groups in total. The molecule has 0 aliphatic heterocycles. The summed E-state index contributed by atoms with van der Waals surface area (Å²) in [5.74, 6) is -0.423. The van der Waals surface area contributed by atoms with Gasteiger partial charge in [-0.05, 0) is 31.9 Å². The van der Waals surface area contributed by atoms with Crippen LogP contribution in [0.5, 0.6) is 5.75 Å². The van der Waals surface area contributed by atoms with Crippen molar-refractivity contribution in [3.8, 4) is 5.75 Å². The van der Waals surface area contributed by atoms with Gasteiger partial charge in [-0.25, -0.2) is 4.39 Å². The molecule has 1 aromatic rings. The molecule has 1 amide bonds. The van der Waals surface area contributed by atoms with Crippen LogP contribution in [0.4, 0.5) is 4.39 Å². The van der Waals surface area contributed by atoms with Crippen LogP contribution in [0, 0.1) is 5.82 Å². The number of aliphatic hydroxyl groups excluding tert-OH is 1. The maximum absolute atomic E-state index is 13.7. The van der Waals surface area contributed by atoms with Crippen molar-refractivity contribution in [2.45, 2.75) is 51.2 Å². The standard InChI is InChI=1S/C16H22FNO3/c1-11(19)14-8-7-13(9-15(14)17)21-10-16(20)18-12-5-3-2-4-6-12/h7-9,11-12,19H,2-6,10H2,1H3,(H,18,20)/t11-/m1/s1. The van der Waals surface area contributed by atoms with E-state index in [1.165, 1.54) is 25.5 Å². The van der Waals surface area contributed by atoms with Crippen molar-refractivity contribution in [1.29, 1.82) is 0 Å². The minimum atomic E-state index is -0.867. The number of ether oxygens (including phenoxy) is 1. The van der Waals surface area contributed by atoms with E-state index in [0.29, 0.717) is 0 Å². The van der Waals surface area contributed by atoms with Crippen molar-refractivity contribution in [2.24, 2.45) is 0 Å². The zero-order chi connectivity index (χ0) is 15.2. The summed E-state index contributed by atoms with van der Waals surface area (Å²) in [4.78, 5) is 11.8. The third-order valence-corrected chi connectivity index (χ3v) is 3.76. The molecule has 0 saturated heterocycles. The third kappa shape index (κ3) is 4.70. The molecule has 1 saturated carbocycles. The normalized spacial score (nSPS) is 17.3. The number of carbonyl (C=O) groups excluding carboxylic acids is 1. The lowest BCUT2D eigenvalue weighted by Gasteiger charge is -2.22. The van der Waals surface area contributed by atoms with E-state index in [0.717, 1.165) is 25.7 Å². The molecule has 0 spiro atoms. The number of halogens is 1. The summed E-state index contributed by atoms with van der Waals surface area (Å²) in [5.41, 5.74) is 0.217. The molecule has 2 rings (SSSR count). The minimum Gasteiger partial charge on any atom is -0.484 e. The van der Waals surface area contributed by atoms with Crippen LogP contribution in [0.2, 0.25) is 0 Å². The lowest BCUT2D eigenvalue weighted by Crippen LogP contribution is -2.38. The average molecular weight is 295 g/mol. The highest BCUT2D eigenvalue weighted by molar-refractivity contribution is 5.77. The Bertz CT molecular complexity index is 484. The van der Waals surface area contributed by atoms with Crippen LogP contribution in [0.25, 0.3) is 0 Å². The van der Waals surface area contributed by atoms with E-state index in [2.05, 4.69) is 5.32 Å². The SMILES string of the molecule is C[C@@H](O)c1ccc(OCC(=O)NC2CCCCC2)cc1F. The zero-order valence-corrected chi connectivity index (χ0v) is 12.3. The number of hydrogen-bond donors (Lipinski definition) is 2. The molecule has 0 heterocycles. The Morgan fingerprint density at radius 3 is 2.76 bits per heavy atom. The van der Waals surface area contributed by atoms with E-state index in [1.54, 1.807) is 6.07 Å². The lowest BCUT2D eigenvalue weighted by molar-refractivity contribution is -0.124. The molecular formula is C16H22FNO3. The summed E-state index contributed by atoms with van der Waals surface area (Å²) < 4.78 is 18.9. The Morgan fingerprint density at radius 2 is 2.14 bits per heavy atom. The Balaban J connectivity index is 1.82. The number of aliphatic hydroxyl groups is 1. The summed E-state index contributed by atoms with van der Waals surface area (Å²) in [6, 6.07) is 4.45. The summed E-state index contributed by atoms with van der Waals surface area (Å²) in [5, 5.41) is 12.3. The Morgan fingerprint density at radius 1 is 1.43 bits per heavy atom. The number of carbonyl (C=O) groups is 1. The monoisotopic (exact) mass is 295 g/mol. The van der Waals surface area contributed by atoms with Gasteiger partial charge in [-0.1, -0.05) is 19.3 Å². The quantitative estimate of drug-likeness (QED) is 0.878. The first-order chi connectivity index (χ1) is 10.1. The van der Waals surface area contributed by atoms with Gasteiger partial charge in [-0.15, -0.1) is 0 Å². The molecule has 0 bridgehead atoms. The van der Waals surface area contributed by atoms with Crippen LogP contribution >= 0.6 is 0 Å². The molecule has 4 nitrogen and oxygen atoms in total. The summed E-state index contributed by atoms with van der Waals surface area (Å²) in [6.07, 6.45) is 4.70. The molecule has 1 fully saturated rings. The first-order valence-corrected chi connectivity index (χ1v) is 7.46. The number of hydrogen-bond acceptors (Lipinski definition) is 3. The predicted octanol–water partition coefficient (Wildman–Crippen LogP) is 2.71. The lowest BCUT2D eigenvalue weighted by atomic mass is 9.95. The van der Waals surface area contributed by atoms with Gasteiger partial charge in [0.15, 0.2) is 6.61 Å². The fraction of sp³-hybridized carbons (Fsp3) is 0.562. The number of rotatable bonds is 5. The molecule has 116 valence electrons. The summed E-state index contributed by atoms with van der Waals surface area (Å²) >= 11 is 0. The molecule has 1 aromatic carbocycles. The van der Waals surface area contributed by atoms with Crippen LogP contribution < -0.4 is 10.1 Å². The van der Waals surface area contributed by atoms with Crippen LogP contribution in [0.1, 0.15) is 50.7 Å². The number of benzene rings is 1. The third-order valence-electron chi connectivity index (χ3n) is 3.76. The molecular weight excluding hydrogens is 273 g/mol. The van der Waals surface area contributed by atoms with Gasteiger partial charge < -0.3 is 15.2 Å². The fourth-order valence-electron chi connectivity index (χ4n) is 2.60. The Hall–Kier alpha value is -1.62. The molecule has 1 atom stereocenters. The highest BCUT2D eigenvalue weighted by atomic mass is 19.1. The van der Waals surface area contributed by atoms with E-state index in [4.69, 9.17) is 4.74 Å². The second kappa shape index (κ2) is 7.41.